The van der Waals surface area contributed by atoms with E-state index >= 15 is 0 Å². The third-order valence-corrected chi connectivity index (χ3v) is 19.4. The first kappa shape index (κ1) is 87.2. The van der Waals surface area contributed by atoms with E-state index in [2.05, 4.69) is 55.6 Å². The topological polar surface area (TPSA) is 165 Å². The lowest BCUT2D eigenvalue weighted by Gasteiger charge is -2.35. The molecule has 0 aromatic heterocycles. The SMILES string of the molecule is CCCCCCCC[N+](C)(CCCCCCCC)CCCCCCCC.CCCCCCCC[N+](C)(CCCCCCCC)CCCCCCCC.O=S(=O)([N-]S(=O)(=O)C(F)(F)F)C(F)(F)F.O=S(=O)([N-]S(=O)(=O)C(F)(F)F)C(F)(F)F. The second kappa shape index (κ2) is 46.9. The van der Waals surface area contributed by atoms with Crippen LogP contribution in [0.25, 0.3) is 8.25 Å². The molecule has 500 valence electrons. The minimum absolute atomic E-state index is 0.778. The predicted molar refractivity (Wildman–Crippen MR) is 308 cm³/mol. The summed E-state index contributed by atoms with van der Waals surface area (Å²) in [7, 11) is -21.8. The summed E-state index contributed by atoms with van der Waals surface area (Å²) < 4.78 is 221. The molecule has 0 saturated heterocycles. The first-order valence-corrected chi connectivity index (χ1v) is 35.9. The van der Waals surface area contributed by atoms with Crippen LogP contribution < -0.4 is 0 Å². The number of hydrogen-bond acceptors (Lipinski definition) is 8. The van der Waals surface area contributed by atoms with Crippen molar-refractivity contribution in [3.05, 3.63) is 8.25 Å². The molecule has 0 fully saturated rings. The summed E-state index contributed by atoms with van der Waals surface area (Å²) in [6.07, 6.45) is 51.7. The van der Waals surface area contributed by atoms with Crippen LogP contribution in [0.2, 0.25) is 0 Å². The summed E-state index contributed by atoms with van der Waals surface area (Å²) in [6.45, 7) is 22.4. The lowest BCUT2D eigenvalue weighted by atomic mass is 10.1. The number of halogens is 12. The molecule has 0 radical (unpaired) electrons. The van der Waals surface area contributed by atoms with Gasteiger partial charge in [0, 0.05) is 0 Å². The summed E-state index contributed by atoms with van der Waals surface area (Å²) in [5, 5.41) is 0. The molecular formula is C54H108F12N4O8S4. The van der Waals surface area contributed by atoms with Crippen LogP contribution in [0.5, 0.6) is 0 Å². The lowest BCUT2D eigenvalue weighted by molar-refractivity contribution is -0.910. The molecule has 0 spiro atoms. The van der Waals surface area contributed by atoms with Crippen molar-refractivity contribution in [3.8, 4) is 0 Å². The van der Waals surface area contributed by atoms with Crippen LogP contribution in [0.4, 0.5) is 52.7 Å². The second-order valence-electron chi connectivity index (χ2n) is 22.0. The molecule has 12 nitrogen and oxygen atoms in total. The van der Waals surface area contributed by atoms with Gasteiger partial charge in [-0.25, -0.2) is 33.7 Å². The van der Waals surface area contributed by atoms with E-state index in [1.807, 2.05) is 0 Å². The lowest BCUT2D eigenvalue weighted by Crippen LogP contribution is -2.46. The monoisotopic (exact) mass is 1300 g/mol. The quantitative estimate of drug-likeness (QED) is 0.0330. The van der Waals surface area contributed by atoms with E-state index in [1.54, 1.807) is 0 Å². The summed E-state index contributed by atoms with van der Waals surface area (Å²) in [6, 6.07) is 0. The van der Waals surface area contributed by atoms with Crippen molar-refractivity contribution in [1.82, 2.24) is 0 Å². The van der Waals surface area contributed by atoms with Gasteiger partial charge in [-0.1, -0.05) is 196 Å². The molecule has 82 heavy (non-hydrogen) atoms. The van der Waals surface area contributed by atoms with Gasteiger partial charge in [-0.05, 0) is 77.0 Å². The zero-order valence-corrected chi connectivity index (χ0v) is 54.2. The zero-order valence-electron chi connectivity index (χ0n) is 50.9. The number of alkyl halides is 12. The van der Waals surface area contributed by atoms with Gasteiger partial charge in [-0.2, -0.15) is 52.7 Å². The van der Waals surface area contributed by atoms with Crippen molar-refractivity contribution in [1.29, 1.82) is 0 Å². The average Bonchev–Trinajstić information content (AvgIpc) is 3.34. The van der Waals surface area contributed by atoms with Crippen molar-refractivity contribution in [2.45, 2.75) is 295 Å². The van der Waals surface area contributed by atoms with Gasteiger partial charge in [-0.15, -0.1) is 0 Å². The molecule has 0 aromatic rings. The number of quaternary nitrogens is 2. The van der Waals surface area contributed by atoms with Crippen molar-refractivity contribution < 1.29 is 95.3 Å². The average molecular weight is 1300 g/mol. The third kappa shape index (κ3) is 46.9. The Morgan fingerprint density at radius 2 is 0.341 bits per heavy atom. The van der Waals surface area contributed by atoms with Crippen molar-refractivity contribution in [2.24, 2.45) is 0 Å². The maximum absolute atomic E-state index is 11.4. The molecule has 0 saturated carbocycles. The predicted octanol–water partition coefficient (Wildman–Crippen LogP) is 19.1. The molecule has 0 aromatic carbocycles. The standard InChI is InChI=1S/2C25H54N.2C2F6NO4S2/c2*1-5-8-11-14-17-20-23-26(4,24-21-18-15-12-9-6-2)25-22-19-16-13-10-7-3;2*3-1(4,5)14(10,11)9-15(12,13)2(6,7)8/h2*5-25H2,1-4H3;;/q2*+1;2*-1. The molecule has 0 aliphatic rings. The molecule has 0 N–H and O–H groups in total. The fraction of sp³-hybridized carbons (Fsp3) is 1.00. The molecule has 0 amide bonds. The molecule has 0 aliphatic carbocycles. The Morgan fingerprint density at radius 1 is 0.232 bits per heavy atom. The van der Waals surface area contributed by atoms with Gasteiger partial charge in [0.2, 0.25) is 0 Å². The molecule has 0 unspecified atom stereocenters. The van der Waals surface area contributed by atoms with Crippen LogP contribution in [-0.2, 0) is 40.1 Å². The number of nitrogens with zero attached hydrogens (tertiary/aromatic N) is 4. The Kier molecular flexibility index (Phi) is 49.9. The van der Waals surface area contributed by atoms with Crippen molar-refractivity contribution in [2.75, 3.05) is 53.4 Å². The maximum Gasteiger partial charge on any atom is 0.480 e. The number of rotatable bonds is 46. The van der Waals surface area contributed by atoms with E-state index in [-0.39, 0.29) is 0 Å². The highest BCUT2D eigenvalue weighted by Crippen LogP contribution is 2.37. The van der Waals surface area contributed by atoms with Gasteiger partial charge in [0.05, 0.1) is 53.4 Å². The molecule has 0 rings (SSSR count). The van der Waals surface area contributed by atoms with E-state index in [0.717, 1.165) is 8.25 Å². The molecule has 0 aliphatic heterocycles. The van der Waals surface area contributed by atoms with Crippen LogP contribution in [0.1, 0.15) is 273 Å². The largest absolute Gasteiger partial charge is 0.480 e. The van der Waals surface area contributed by atoms with Gasteiger partial charge in [0.25, 0.3) is 0 Å². The highest BCUT2D eigenvalue weighted by Gasteiger charge is 2.48. The number of unbranched alkanes of at least 4 members (excludes halogenated alkanes) is 30. The van der Waals surface area contributed by atoms with Crippen LogP contribution in [0.15, 0.2) is 0 Å². The molecule has 0 bridgehead atoms. The van der Waals surface area contributed by atoms with Gasteiger partial charge in [0.15, 0.2) is 40.1 Å². The van der Waals surface area contributed by atoms with Crippen LogP contribution in [0.3, 0.4) is 0 Å². The first-order valence-electron chi connectivity index (χ1n) is 30.2. The summed E-state index contributed by atoms with van der Waals surface area (Å²) in [5.74, 6) is 0. The van der Waals surface area contributed by atoms with E-state index in [9.17, 15) is 86.4 Å². The summed E-state index contributed by atoms with van der Waals surface area (Å²) in [4.78, 5) is 0. The van der Waals surface area contributed by atoms with E-state index in [1.165, 1.54) is 279 Å². The van der Waals surface area contributed by atoms with E-state index in [4.69, 9.17) is 0 Å². The molecule has 28 heteroatoms. The Labute approximate surface area is 489 Å². The van der Waals surface area contributed by atoms with Gasteiger partial charge >= 0.3 is 22.0 Å². The zero-order chi connectivity index (χ0) is 64.1. The normalized spacial score (nSPS) is 13.2. The van der Waals surface area contributed by atoms with Crippen molar-refractivity contribution >= 4 is 40.1 Å². The fourth-order valence-corrected chi connectivity index (χ4v) is 12.2. The number of hydrogen-bond donors (Lipinski definition) is 0. The molecule has 0 atom stereocenters. The summed E-state index contributed by atoms with van der Waals surface area (Å²) >= 11 is 0. The van der Waals surface area contributed by atoms with Gasteiger partial charge in [-0.3, -0.25) is 0 Å². The summed E-state index contributed by atoms with van der Waals surface area (Å²) in [5.41, 5.74) is -24.8. The smallest absolute Gasteiger partial charge is 0.421 e. The van der Waals surface area contributed by atoms with Crippen LogP contribution in [-0.4, -0.2) is 118 Å². The Hall–Kier alpha value is -1.20. The second-order valence-corrected chi connectivity index (χ2v) is 28.9. The molecule has 0 heterocycles. The third-order valence-electron chi connectivity index (χ3n) is 13.9. The highest BCUT2D eigenvalue weighted by molar-refractivity contribution is 8.13. The fourth-order valence-electron chi connectivity index (χ4n) is 8.74. The van der Waals surface area contributed by atoms with E-state index in [0.29, 0.717) is 0 Å². The first-order chi connectivity index (χ1) is 37.8. The van der Waals surface area contributed by atoms with Crippen LogP contribution in [0, 0.1) is 0 Å². The van der Waals surface area contributed by atoms with Crippen molar-refractivity contribution in [3.63, 3.8) is 0 Å². The minimum Gasteiger partial charge on any atom is -0.421 e. The maximum atomic E-state index is 11.4. The Bertz CT molecular complexity index is 1670. The minimum atomic E-state index is -6.72. The van der Waals surface area contributed by atoms with Crippen LogP contribution >= 0.6 is 0 Å². The Morgan fingerprint density at radius 3 is 0.451 bits per heavy atom. The Balaban J connectivity index is -0.000000511. The van der Waals surface area contributed by atoms with Gasteiger partial charge < -0.3 is 17.2 Å². The number of sulfonamides is 4. The van der Waals surface area contributed by atoms with E-state index < -0.39 is 62.1 Å². The van der Waals surface area contributed by atoms with Gasteiger partial charge in [0.1, 0.15) is 0 Å². The highest BCUT2D eigenvalue weighted by atomic mass is 32.3. The molecular weight excluding hydrogens is 1190 g/mol.